The summed E-state index contributed by atoms with van der Waals surface area (Å²) in [6, 6.07) is 12.8. The second-order valence-electron chi connectivity index (χ2n) is 9.62. The van der Waals surface area contributed by atoms with Crippen LogP contribution >= 0.6 is 11.6 Å². The van der Waals surface area contributed by atoms with Gasteiger partial charge in [0, 0.05) is 35.5 Å². The number of aromatic hydroxyl groups is 1. The van der Waals surface area contributed by atoms with E-state index in [1.54, 1.807) is 28.8 Å². The van der Waals surface area contributed by atoms with Gasteiger partial charge in [-0.25, -0.2) is 23.1 Å². The second kappa shape index (κ2) is 10.6. The Morgan fingerprint density at radius 3 is 2.73 bits per heavy atom. The number of amidine groups is 1. The molecule has 4 aromatic rings. The third kappa shape index (κ3) is 5.37. The number of carbonyl (C=O) groups is 1. The van der Waals surface area contributed by atoms with Gasteiger partial charge in [-0.2, -0.15) is 0 Å². The van der Waals surface area contributed by atoms with E-state index in [-0.39, 0.29) is 40.0 Å². The standard InChI is InChI=1S/C28H24ClF3N6O2/c29-16-6-8-24(39)20(10-16)27(40)36-17-11-18(13-28(31,32)12-17)38-23-9-15(25(34)35-14-33)5-7-22(23)37-26(38)19-3-1-2-4-21(19)30/h1-10,14,17-18,39H,11-13H2,(H,36,40)(H3,33,34,35). The van der Waals surface area contributed by atoms with E-state index in [1.165, 1.54) is 36.4 Å². The number of hydrogen-bond donors (Lipinski definition) is 4. The summed E-state index contributed by atoms with van der Waals surface area (Å²) in [4.78, 5) is 21.3. The van der Waals surface area contributed by atoms with E-state index in [0.29, 0.717) is 16.6 Å². The Morgan fingerprint density at radius 1 is 1.20 bits per heavy atom. The number of alkyl halides is 2. The van der Waals surface area contributed by atoms with E-state index >= 15 is 8.78 Å². The average Bonchev–Trinajstić information content (AvgIpc) is 3.28. The van der Waals surface area contributed by atoms with Gasteiger partial charge in [-0.05, 0) is 55.0 Å². The van der Waals surface area contributed by atoms with Gasteiger partial charge in [0.05, 0.1) is 22.2 Å². The summed E-state index contributed by atoms with van der Waals surface area (Å²) in [5, 5.41) is 20.1. The van der Waals surface area contributed by atoms with Crippen molar-refractivity contribution in [3.63, 3.8) is 0 Å². The molecule has 2 atom stereocenters. The van der Waals surface area contributed by atoms with Crippen LogP contribution in [0.25, 0.3) is 22.4 Å². The normalized spacial score (nSPS) is 18.9. The fourth-order valence-corrected chi connectivity index (χ4v) is 5.31. The largest absolute Gasteiger partial charge is 0.507 e. The Labute approximate surface area is 231 Å². The maximum atomic E-state index is 15.2. The minimum atomic E-state index is -3.18. The fraction of sp³-hybridized carbons (Fsp3) is 0.214. The summed E-state index contributed by atoms with van der Waals surface area (Å²) in [6.45, 7) is 0. The molecule has 1 aliphatic rings. The summed E-state index contributed by atoms with van der Waals surface area (Å²) in [6.07, 6.45) is -0.344. The van der Waals surface area contributed by atoms with Gasteiger partial charge in [-0.1, -0.05) is 23.7 Å². The van der Waals surface area contributed by atoms with Crippen LogP contribution in [0.4, 0.5) is 13.2 Å². The molecule has 0 bridgehead atoms. The predicted octanol–water partition coefficient (Wildman–Crippen LogP) is 5.67. The zero-order chi connectivity index (χ0) is 28.6. The summed E-state index contributed by atoms with van der Waals surface area (Å²) in [5.74, 6) is -4.65. The van der Waals surface area contributed by atoms with Crippen molar-refractivity contribution in [2.24, 2.45) is 10.7 Å². The lowest BCUT2D eigenvalue weighted by molar-refractivity contribution is -0.0584. The average molecular weight is 569 g/mol. The maximum Gasteiger partial charge on any atom is 0.255 e. The van der Waals surface area contributed by atoms with Crippen LogP contribution in [0.15, 0.2) is 65.7 Å². The van der Waals surface area contributed by atoms with Gasteiger partial charge < -0.3 is 20.7 Å². The van der Waals surface area contributed by atoms with Crippen molar-refractivity contribution in [3.05, 3.63) is 82.6 Å². The first-order valence-corrected chi connectivity index (χ1v) is 12.7. The summed E-state index contributed by atoms with van der Waals surface area (Å²) in [7, 11) is 0. The van der Waals surface area contributed by atoms with Crippen molar-refractivity contribution in [2.75, 3.05) is 0 Å². The lowest BCUT2D eigenvalue weighted by atomic mass is 9.87. The van der Waals surface area contributed by atoms with E-state index < -0.39 is 42.6 Å². The van der Waals surface area contributed by atoms with Gasteiger partial charge in [-0.15, -0.1) is 0 Å². The van der Waals surface area contributed by atoms with E-state index in [1.807, 2.05) is 0 Å². The monoisotopic (exact) mass is 568 g/mol. The first-order valence-electron chi connectivity index (χ1n) is 12.3. The van der Waals surface area contributed by atoms with Gasteiger partial charge in [-0.3, -0.25) is 10.2 Å². The molecule has 3 aromatic carbocycles. The first kappa shape index (κ1) is 27.2. The Balaban J connectivity index is 1.60. The number of imidazole rings is 1. The molecule has 5 rings (SSSR count). The second-order valence-corrected chi connectivity index (χ2v) is 10.1. The Morgan fingerprint density at radius 2 is 1.98 bits per heavy atom. The number of phenolic OH excluding ortho intramolecular Hbond substituents is 1. The van der Waals surface area contributed by atoms with Gasteiger partial charge in [0.25, 0.3) is 11.8 Å². The van der Waals surface area contributed by atoms with Crippen LogP contribution in [-0.4, -0.2) is 44.7 Å². The molecular formula is C28H24ClF3N6O2. The van der Waals surface area contributed by atoms with Crippen molar-refractivity contribution < 1.29 is 23.1 Å². The van der Waals surface area contributed by atoms with Gasteiger partial charge in [0.1, 0.15) is 29.6 Å². The molecule has 0 aliphatic heterocycles. The van der Waals surface area contributed by atoms with Gasteiger partial charge in [0.15, 0.2) is 0 Å². The smallest absolute Gasteiger partial charge is 0.255 e. The lowest BCUT2D eigenvalue weighted by Crippen LogP contribution is -2.45. The number of nitrogens with one attached hydrogen (secondary N) is 2. The van der Waals surface area contributed by atoms with Crippen molar-refractivity contribution in [3.8, 4) is 17.1 Å². The van der Waals surface area contributed by atoms with E-state index in [4.69, 9.17) is 22.7 Å². The molecule has 1 fully saturated rings. The first-order chi connectivity index (χ1) is 19.1. The molecule has 0 radical (unpaired) electrons. The predicted molar refractivity (Wildman–Crippen MR) is 147 cm³/mol. The molecule has 206 valence electrons. The molecule has 40 heavy (non-hydrogen) atoms. The zero-order valence-electron chi connectivity index (χ0n) is 20.9. The molecule has 2 unspecified atom stereocenters. The number of hydrogen-bond acceptors (Lipinski definition) is 4. The van der Waals surface area contributed by atoms with E-state index in [0.717, 1.165) is 6.34 Å². The number of carbonyl (C=O) groups excluding carboxylic acids is 1. The molecule has 1 saturated carbocycles. The van der Waals surface area contributed by atoms with Gasteiger partial charge >= 0.3 is 0 Å². The number of benzene rings is 3. The zero-order valence-corrected chi connectivity index (χ0v) is 21.7. The maximum absolute atomic E-state index is 15.2. The molecule has 12 heteroatoms. The van der Waals surface area contributed by atoms with Crippen LogP contribution in [0.2, 0.25) is 5.02 Å². The van der Waals surface area contributed by atoms with Crippen molar-refractivity contribution >= 4 is 40.7 Å². The third-order valence-electron chi connectivity index (χ3n) is 6.84. The molecule has 1 aromatic heterocycles. The number of phenols is 1. The van der Waals surface area contributed by atoms with Crippen molar-refractivity contribution in [1.29, 1.82) is 5.41 Å². The quantitative estimate of drug-likeness (QED) is 0.176. The highest BCUT2D eigenvalue weighted by molar-refractivity contribution is 6.31. The molecule has 0 spiro atoms. The van der Waals surface area contributed by atoms with Crippen molar-refractivity contribution in [1.82, 2.24) is 14.9 Å². The summed E-state index contributed by atoms with van der Waals surface area (Å²) >= 11 is 5.96. The number of halogens is 4. The van der Waals surface area contributed by atoms with Crippen LogP contribution in [0, 0.1) is 11.2 Å². The molecule has 1 aliphatic carbocycles. The molecule has 8 nitrogen and oxygen atoms in total. The highest BCUT2D eigenvalue weighted by atomic mass is 35.5. The molecule has 1 amide bonds. The van der Waals surface area contributed by atoms with Crippen molar-refractivity contribution in [2.45, 2.75) is 37.3 Å². The Kier molecular flexibility index (Phi) is 7.24. The summed E-state index contributed by atoms with van der Waals surface area (Å²) in [5.41, 5.74) is 7.23. The third-order valence-corrected chi connectivity index (χ3v) is 7.08. The topological polar surface area (TPSA) is 129 Å². The Bertz CT molecular complexity index is 1650. The molecule has 0 saturated heterocycles. The highest BCUT2D eigenvalue weighted by Crippen LogP contribution is 2.43. The van der Waals surface area contributed by atoms with Crippen LogP contribution in [-0.2, 0) is 0 Å². The minimum absolute atomic E-state index is 0.0394. The SMILES string of the molecule is N=CN=C(N)c1ccc2nc(-c3ccccc3F)n(C3CC(NC(=O)c4cc(Cl)ccc4O)CC(F)(F)C3)c2c1. The number of nitrogens with zero attached hydrogens (tertiary/aromatic N) is 3. The number of fused-ring (bicyclic) bond motifs is 1. The summed E-state index contributed by atoms with van der Waals surface area (Å²) < 4.78 is 47.0. The minimum Gasteiger partial charge on any atom is -0.507 e. The van der Waals surface area contributed by atoms with Crippen LogP contribution in [0.5, 0.6) is 5.75 Å². The van der Waals surface area contributed by atoms with Crippen LogP contribution in [0.3, 0.4) is 0 Å². The number of aromatic nitrogens is 2. The molecular weight excluding hydrogens is 545 g/mol. The number of amides is 1. The fourth-order valence-electron chi connectivity index (χ4n) is 5.14. The molecule has 1 heterocycles. The van der Waals surface area contributed by atoms with E-state index in [2.05, 4.69) is 15.3 Å². The van der Waals surface area contributed by atoms with Gasteiger partial charge in [0.2, 0.25) is 0 Å². The highest BCUT2D eigenvalue weighted by Gasteiger charge is 2.43. The van der Waals surface area contributed by atoms with Crippen LogP contribution in [0.1, 0.15) is 41.2 Å². The number of nitrogens with two attached hydrogens (primary N) is 1. The van der Waals surface area contributed by atoms with E-state index in [9.17, 15) is 14.3 Å². The number of rotatable bonds is 6. The number of aliphatic imine (C=N–C) groups is 1. The Hall–Kier alpha value is -4.38. The van der Waals surface area contributed by atoms with Crippen LogP contribution < -0.4 is 11.1 Å². The molecule has 5 N–H and O–H groups in total. The lowest BCUT2D eigenvalue weighted by Gasteiger charge is -2.36.